The van der Waals surface area contributed by atoms with E-state index in [4.69, 9.17) is 0 Å². The zero-order valence-corrected chi connectivity index (χ0v) is 10.0. The van der Waals surface area contributed by atoms with Gasteiger partial charge in [-0.15, -0.1) is 0 Å². The Morgan fingerprint density at radius 2 is 1.78 bits per heavy atom. The number of benzene rings is 1. The molecule has 5 nitrogen and oxygen atoms in total. The topological polar surface area (TPSA) is 56.9 Å². The van der Waals surface area contributed by atoms with Gasteiger partial charge in [-0.2, -0.15) is 4.98 Å². The lowest BCUT2D eigenvalue weighted by molar-refractivity contribution is 0.757. The molecule has 0 aromatic heterocycles. The monoisotopic (exact) mass is 241 g/mol. The van der Waals surface area contributed by atoms with Crippen molar-refractivity contribution < 1.29 is 0 Å². The second-order valence-corrected chi connectivity index (χ2v) is 4.26. The summed E-state index contributed by atoms with van der Waals surface area (Å²) in [5.41, 5.74) is 0.549. The SMILES string of the molecule is Cn1c(=O)nc2n(C)c3ccccc3cc-2c1=O. The lowest BCUT2D eigenvalue weighted by Crippen LogP contribution is -2.35. The molecule has 0 spiro atoms. The highest BCUT2D eigenvalue weighted by molar-refractivity contribution is 5.85. The number of para-hydroxylation sites is 1. The van der Waals surface area contributed by atoms with Crippen LogP contribution in [-0.4, -0.2) is 14.1 Å². The second-order valence-electron chi connectivity index (χ2n) is 4.26. The minimum atomic E-state index is -0.529. The third-order valence-corrected chi connectivity index (χ3v) is 3.18. The number of hydrogen-bond acceptors (Lipinski definition) is 3. The molecule has 0 unspecified atom stereocenters. The fourth-order valence-corrected chi connectivity index (χ4v) is 2.16. The van der Waals surface area contributed by atoms with Crippen molar-refractivity contribution in [2.45, 2.75) is 0 Å². The van der Waals surface area contributed by atoms with Crippen LogP contribution in [-0.2, 0) is 14.1 Å². The van der Waals surface area contributed by atoms with Crippen molar-refractivity contribution in [2.24, 2.45) is 14.1 Å². The zero-order chi connectivity index (χ0) is 12.9. The van der Waals surface area contributed by atoms with E-state index < -0.39 is 5.69 Å². The Balaban J connectivity index is 2.65. The quantitative estimate of drug-likeness (QED) is 0.545. The smallest absolute Gasteiger partial charge is 0.328 e. The van der Waals surface area contributed by atoms with Crippen LogP contribution in [0.15, 0.2) is 39.9 Å². The fraction of sp³-hybridized carbons (Fsp3) is 0.154. The van der Waals surface area contributed by atoms with Gasteiger partial charge in [-0.3, -0.25) is 9.36 Å². The molecule has 18 heavy (non-hydrogen) atoms. The summed E-state index contributed by atoms with van der Waals surface area (Å²) in [6.45, 7) is 0. The Hall–Kier alpha value is -2.43. The van der Waals surface area contributed by atoms with E-state index in [2.05, 4.69) is 4.98 Å². The van der Waals surface area contributed by atoms with E-state index in [1.165, 1.54) is 7.05 Å². The van der Waals surface area contributed by atoms with Gasteiger partial charge in [0.25, 0.3) is 5.56 Å². The molecule has 0 fully saturated rings. The Morgan fingerprint density at radius 3 is 2.56 bits per heavy atom. The molecule has 0 amide bonds. The van der Waals surface area contributed by atoms with Crippen LogP contribution >= 0.6 is 0 Å². The number of aryl methyl sites for hydroxylation is 1. The van der Waals surface area contributed by atoms with Gasteiger partial charge in [0.2, 0.25) is 0 Å². The van der Waals surface area contributed by atoms with Gasteiger partial charge >= 0.3 is 5.69 Å². The molecular weight excluding hydrogens is 230 g/mol. The molecule has 0 radical (unpaired) electrons. The van der Waals surface area contributed by atoms with Gasteiger partial charge < -0.3 is 4.57 Å². The minimum Gasteiger partial charge on any atom is -0.328 e. The van der Waals surface area contributed by atoms with Gasteiger partial charge in [-0.25, -0.2) is 4.79 Å². The van der Waals surface area contributed by atoms with Crippen LogP contribution in [0.4, 0.5) is 0 Å². The summed E-state index contributed by atoms with van der Waals surface area (Å²) in [7, 11) is 3.24. The van der Waals surface area contributed by atoms with Crippen LogP contribution in [0.2, 0.25) is 0 Å². The molecule has 1 aromatic rings. The molecule has 90 valence electrons. The highest BCUT2D eigenvalue weighted by atomic mass is 16.2. The molecule has 2 aliphatic heterocycles. The summed E-state index contributed by atoms with van der Waals surface area (Å²) < 4.78 is 2.80. The van der Waals surface area contributed by atoms with Gasteiger partial charge in [-0.05, 0) is 17.5 Å². The van der Waals surface area contributed by atoms with Gasteiger partial charge in [0, 0.05) is 19.6 Å². The van der Waals surface area contributed by atoms with E-state index in [1.807, 2.05) is 24.3 Å². The molecule has 0 saturated carbocycles. The van der Waals surface area contributed by atoms with E-state index in [0.29, 0.717) is 11.4 Å². The highest BCUT2D eigenvalue weighted by Crippen LogP contribution is 2.21. The third-order valence-electron chi connectivity index (χ3n) is 3.18. The molecule has 3 rings (SSSR count). The summed E-state index contributed by atoms with van der Waals surface area (Å²) in [5.74, 6) is 0.418. The predicted molar refractivity (Wildman–Crippen MR) is 68.8 cm³/mol. The van der Waals surface area contributed by atoms with Gasteiger partial charge in [0.05, 0.1) is 5.56 Å². The minimum absolute atomic E-state index is 0.314. The molecule has 2 heterocycles. The lowest BCUT2D eigenvalue weighted by Gasteiger charge is -2.13. The Morgan fingerprint density at radius 1 is 1.06 bits per heavy atom. The normalized spacial score (nSPS) is 11.2. The second kappa shape index (κ2) is 3.53. The summed E-state index contributed by atoms with van der Waals surface area (Å²) in [4.78, 5) is 27.6. The van der Waals surface area contributed by atoms with Crippen molar-refractivity contribution in [1.82, 2.24) is 14.1 Å². The van der Waals surface area contributed by atoms with E-state index in [-0.39, 0.29) is 5.56 Å². The number of aromatic nitrogens is 3. The van der Waals surface area contributed by atoms with Crippen molar-refractivity contribution in [2.75, 3.05) is 0 Å². The first-order valence-electron chi connectivity index (χ1n) is 5.55. The Bertz CT molecular complexity index is 845. The standard InChI is InChI=1S/C13H11N3O2/c1-15-10-6-4-3-5-8(10)7-9-11(15)14-13(18)16(2)12(9)17/h3-7H,1-2H3. The van der Waals surface area contributed by atoms with Crippen LogP contribution in [0.5, 0.6) is 0 Å². The molecule has 2 aliphatic rings. The maximum absolute atomic E-state index is 12.1. The Labute approximate surface area is 102 Å². The fourth-order valence-electron chi connectivity index (χ4n) is 2.16. The maximum atomic E-state index is 12.1. The number of nitrogens with zero attached hydrogens (tertiary/aromatic N) is 3. The first-order chi connectivity index (χ1) is 8.59. The molecular formula is C13H11N3O2. The molecule has 5 heteroatoms. The predicted octanol–water partition coefficient (Wildman–Crippen LogP) is 0.737. The summed E-state index contributed by atoms with van der Waals surface area (Å²) in [5, 5.41) is 0.949. The van der Waals surface area contributed by atoms with E-state index >= 15 is 0 Å². The largest absolute Gasteiger partial charge is 0.352 e. The number of hydrogen-bond donors (Lipinski definition) is 0. The van der Waals surface area contributed by atoms with Crippen molar-refractivity contribution in [3.63, 3.8) is 0 Å². The van der Waals surface area contributed by atoms with Crippen LogP contribution in [0, 0.1) is 0 Å². The molecule has 0 atom stereocenters. The van der Waals surface area contributed by atoms with Crippen LogP contribution < -0.4 is 11.2 Å². The molecule has 1 aromatic carbocycles. The van der Waals surface area contributed by atoms with Crippen molar-refractivity contribution in [3.8, 4) is 11.4 Å². The third kappa shape index (κ3) is 1.30. The number of pyridine rings is 1. The summed E-state index contributed by atoms with van der Waals surface area (Å²) in [6, 6.07) is 9.46. The zero-order valence-electron chi connectivity index (χ0n) is 10.0. The average molecular weight is 241 g/mol. The number of fused-ring (bicyclic) bond motifs is 2. The average Bonchev–Trinajstić information content (AvgIpc) is 2.38. The van der Waals surface area contributed by atoms with Crippen LogP contribution in [0.1, 0.15) is 0 Å². The molecule has 0 saturated heterocycles. The van der Waals surface area contributed by atoms with Crippen LogP contribution in [0.25, 0.3) is 22.3 Å². The number of rotatable bonds is 0. The molecule has 0 bridgehead atoms. The maximum Gasteiger partial charge on any atom is 0.352 e. The van der Waals surface area contributed by atoms with Crippen molar-refractivity contribution in [1.29, 1.82) is 0 Å². The summed E-state index contributed by atoms with van der Waals surface area (Å²) >= 11 is 0. The first-order valence-corrected chi connectivity index (χ1v) is 5.55. The van der Waals surface area contributed by atoms with E-state index in [1.54, 1.807) is 17.7 Å². The molecule has 0 N–H and O–H groups in total. The summed E-state index contributed by atoms with van der Waals surface area (Å²) in [6.07, 6.45) is 0. The van der Waals surface area contributed by atoms with Crippen LogP contribution in [0.3, 0.4) is 0 Å². The Kier molecular flexibility index (Phi) is 2.10. The lowest BCUT2D eigenvalue weighted by atomic mass is 10.1. The van der Waals surface area contributed by atoms with Crippen molar-refractivity contribution >= 4 is 10.9 Å². The van der Waals surface area contributed by atoms with Gasteiger partial charge in [-0.1, -0.05) is 18.2 Å². The van der Waals surface area contributed by atoms with E-state index in [0.717, 1.165) is 15.5 Å². The van der Waals surface area contributed by atoms with Gasteiger partial charge in [0.1, 0.15) is 0 Å². The highest BCUT2D eigenvalue weighted by Gasteiger charge is 2.16. The first kappa shape index (κ1) is 10.7. The van der Waals surface area contributed by atoms with Crippen molar-refractivity contribution in [3.05, 3.63) is 51.2 Å². The van der Waals surface area contributed by atoms with E-state index in [9.17, 15) is 9.59 Å². The van der Waals surface area contributed by atoms with Gasteiger partial charge in [0.15, 0.2) is 5.82 Å². The molecule has 0 aliphatic carbocycles.